The van der Waals surface area contributed by atoms with Crippen LogP contribution in [0.25, 0.3) is 0 Å². The van der Waals surface area contributed by atoms with Crippen LogP contribution in [0, 0.1) is 0 Å². The van der Waals surface area contributed by atoms with Gasteiger partial charge in [-0.15, -0.1) is 0 Å². The first-order valence-corrected chi connectivity index (χ1v) is 8.04. The molecule has 1 heterocycles. The maximum Gasteiger partial charge on any atom is 0.220 e. The lowest BCUT2D eigenvalue weighted by atomic mass is 10.0. The lowest BCUT2D eigenvalue weighted by Gasteiger charge is -2.12. The van der Waals surface area contributed by atoms with E-state index in [1.165, 1.54) is 23.9 Å². The third kappa shape index (κ3) is 3.88. The van der Waals surface area contributed by atoms with E-state index in [9.17, 15) is 4.79 Å². The number of rotatable bonds is 7. The molecule has 1 N–H and O–H groups in total. The van der Waals surface area contributed by atoms with Crippen molar-refractivity contribution in [3.8, 4) is 5.75 Å². The summed E-state index contributed by atoms with van der Waals surface area (Å²) in [5, 5.41) is 7.00. The molecule has 0 aliphatic heterocycles. The molecule has 0 saturated heterocycles. The first kappa shape index (κ1) is 15.5. The van der Waals surface area contributed by atoms with Crippen LogP contribution in [0.4, 0.5) is 0 Å². The standard InChI is InChI=1S/C17H22N4O2/c1-23-16-9-14-5-2-4-13(14)8-15(16)10-19-17(22)6-3-7-21-12-18-11-20-21/h8-9,11-12H,2-7,10H2,1H3,(H,19,22). The second kappa shape index (κ2) is 7.26. The van der Waals surface area contributed by atoms with Crippen LogP contribution in [-0.2, 0) is 30.7 Å². The zero-order chi connectivity index (χ0) is 16.1. The van der Waals surface area contributed by atoms with Gasteiger partial charge in [-0.05, 0) is 42.9 Å². The van der Waals surface area contributed by atoms with Gasteiger partial charge in [0.05, 0.1) is 7.11 Å². The Hall–Kier alpha value is -2.37. The molecule has 1 aliphatic carbocycles. The summed E-state index contributed by atoms with van der Waals surface area (Å²) < 4.78 is 7.20. The van der Waals surface area contributed by atoms with E-state index in [0.717, 1.165) is 30.6 Å². The summed E-state index contributed by atoms with van der Waals surface area (Å²) in [6, 6.07) is 4.30. The Morgan fingerprint density at radius 2 is 2.17 bits per heavy atom. The minimum Gasteiger partial charge on any atom is -0.496 e. The molecule has 2 aromatic rings. The van der Waals surface area contributed by atoms with Crippen LogP contribution in [0.2, 0.25) is 0 Å². The van der Waals surface area contributed by atoms with Crippen LogP contribution < -0.4 is 10.1 Å². The topological polar surface area (TPSA) is 69.0 Å². The van der Waals surface area contributed by atoms with Crippen LogP contribution >= 0.6 is 0 Å². The number of aryl methyl sites for hydroxylation is 3. The summed E-state index contributed by atoms with van der Waals surface area (Å²) in [7, 11) is 1.68. The Labute approximate surface area is 135 Å². The van der Waals surface area contributed by atoms with Crippen molar-refractivity contribution < 1.29 is 9.53 Å². The van der Waals surface area contributed by atoms with Crippen LogP contribution in [0.5, 0.6) is 5.75 Å². The first-order valence-electron chi connectivity index (χ1n) is 8.04. The Kier molecular flexibility index (Phi) is 4.90. The van der Waals surface area contributed by atoms with Gasteiger partial charge in [-0.1, -0.05) is 6.07 Å². The second-order valence-corrected chi connectivity index (χ2v) is 5.83. The number of nitrogens with one attached hydrogen (secondary N) is 1. The number of hydrogen-bond donors (Lipinski definition) is 1. The molecule has 1 aromatic carbocycles. The molecule has 1 amide bonds. The molecular weight excluding hydrogens is 292 g/mol. The largest absolute Gasteiger partial charge is 0.496 e. The molecule has 3 rings (SSSR count). The average molecular weight is 314 g/mol. The zero-order valence-electron chi connectivity index (χ0n) is 13.4. The molecule has 0 spiro atoms. The molecule has 0 unspecified atom stereocenters. The van der Waals surface area contributed by atoms with E-state index in [1.54, 1.807) is 18.1 Å². The van der Waals surface area contributed by atoms with Gasteiger partial charge in [0, 0.05) is 25.1 Å². The van der Waals surface area contributed by atoms with Crippen molar-refractivity contribution in [1.82, 2.24) is 20.1 Å². The molecule has 0 atom stereocenters. The van der Waals surface area contributed by atoms with Crippen molar-refractivity contribution in [2.45, 2.75) is 45.2 Å². The lowest BCUT2D eigenvalue weighted by molar-refractivity contribution is -0.121. The quantitative estimate of drug-likeness (QED) is 0.847. The van der Waals surface area contributed by atoms with E-state index in [1.807, 2.05) is 0 Å². The van der Waals surface area contributed by atoms with Gasteiger partial charge in [0.15, 0.2) is 0 Å². The first-order chi connectivity index (χ1) is 11.3. The Morgan fingerprint density at radius 3 is 2.91 bits per heavy atom. The molecule has 0 radical (unpaired) electrons. The summed E-state index contributed by atoms with van der Waals surface area (Å²) in [6.45, 7) is 1.22. The monoisotopic (exact) mass is 314 g/mol. The van der Waals surface area contributed by atoms with Crippen molar-refractivity contribution in [3.05, 3.63) is 41.5 Å². The fraction of sp³-hybridized carbons (Fsp3) is 0.471. The van der Waals surface area contributed by atoms with Gasteiger partial charge in [-0.3, -0.25) is 9.48 Å². The predicted octanol–water partition coefficient (Wildman–Crippen LogP) is 1.87. The minimum atomic E-state index is 0.0488. The molecule has 6 nitrogen and oxygen atoms in total. The van der Waals surface area contributed by atoms with Crippen molar-refractivity contribution in [2.24, 2.45) is 0 Å². The second-order valence-electron chi connectivity index (χ2n) is 5.83. The lowest BCUT2D eigenvalue weighted by Crippen LogP contribution is -2.23. The van der Waals surface area contributed by atoms with Crippen molar-refractivity contribution >= 4 is 5.91 Å². The van der Waals surface area contributed by atoms with E-state index in [2.05, 4.69) is 27.5 Å². The SMILES string of the molecule is COc1cc2c(cc1CNC(=O)CCCn1cncn1)CCC2. The average Bonchev–Trinajstić information content (AvgIpc) is 3.22. The number of fused-ring (bicyclic) bond motifs is 1. The van der Waals surface area contributed by atoms with Gasteiger partial charge in [-0.2, -0.15) is 5.10 Å². The number of methoxy groups -OCH3 is 1. The smallest absolute Gasteiger partial charge is 0.220 e. The third-order valence-electron chi connectivity index (χ3n) is 4.23. The highest BCUT2D eigenvalue weighted by Crippen LogP contribution is 2.29. The normalized spacial score (nSPS) is 12.9. The van der Waals surface area contributed by atoms with E-state index < -0.39 is 0 Å². The fourth-order valence-corrected chi connectivity index (χ4v) is 3.01. The van der Waals surface area contributed by atoms with Gasteiger partial charge in [0.1, 0.15) is 18.4 Å². The molecule has 122 valence electrons. The van der Waals surface area contributed by atoms with Crippen LogP contribution in [0.15, 0.2) is 24.8 Å². The number of ether oxygens (including phenoxy) is 1. The molecule has 0 fully saturated rings. The van der Waals surface area contributed by atoms with Crippen LogP contribution in [0.1, 0.15) is 36.0 Å². The molecular formula is C17H22N4O2. The van der Waals surface area contributed by atoms with Crippen LogP contribution in [0.3, 0.4) is 0 Å². The zero-order valence-corrected chi connectivity index (χ0v) is 13.4. The highest BCUT2D eigenvalue weighted by atomic mass is 16.5. The van der Waals surface area contributed by atoms with Gasteiger partial charge in [-0.25, -0.2) is 4.98 Å². The van der Waals surface area contributed by atoms with E-state index >= 15 is 0 Å². The molecule has 0 bridgehead atoms. The molecule has 0 saturated carbocycles. The Balaban J connectivity index is 1.50. The predicted molar refractivity (Wildman–Crippen MR) is 86.1 cm³/mol. The van der Waals surface area contributed by atoms with E-state index in [0.29, 0.717) is 19.5 Å². The van der Waals surface area contributed by atoms with Gasteiger partial charge in [0.2, 0.25) is 5.91 Å². The highest BCUT2D eigenvalue weighted by Gasteiger charge is 2.15. The Morgan fingerprint density at radius 1 is 1.35 bits per heavy atom. The van der Waals surface area contributed by atoms with E-state index in [4.69, 9.17) is 4.74 Å². The summed E-state index contributed by atoms with van der Waals surface area (Å²) in [5.41, 5.74) is 3.82. The van der Waals surface area contributed by atoms with Crippen molar-refractivity contribution in [2.75, 3.05) is 7.11 Å². The third-order valence-corrected chi connectivity index (χ3v) is 4.23. The maximum absolute atomic E-state index is 12.0. The van der Waals surface area contributed by atoms with Crippen LogP contribution in [-0.4, -0.2) is 27.8 Å². The fourth-order valence-electron chi connectivity index (χ4n) is 3.01. The van der Waals surface area contributed by atoms with Gasteiger partial charge < -0.3 is 10.1 Å². The number of benzene rings is 1. The van der Waals surface area contributed by atoms with Crippen molar-refractivity contribution in [1.29, 1.82) is 0 Å². The summed E-state index contributed by atoms with van der Waals surface area (Å²) in [6.07, 6.45) is 7.84. The number of carbonyl (C=O) groups is 1. The maximum atomic E-state index is 12.0. The number of amides is 1. The number of nitrogens with zero attached hydrogens (tertiary/aromatic N) is 3. The Bertz CT molecular complexity index is 667. The van der Waals surface area contributed by atoms with E-state index in [-0.39, 0.29) is 5.91 Å². The van der Waals surface area contributed by atoms with Gasteiger partial charge in [0.25, 0.3) is 0 Å². The number of carbonyl (C=O) groups excluding carboxylic acids is 1. The summed E-state index contributed by atoms with van der Waals surface area (Å²) >= 11 is 0. The molecule has 1 aromatic heterocycles. The number of aromatic nitrogens is 3. The van der Waals surface area contributed by atoms with Gasteiger partial charge >= 0.3 is 0 Å². The molecule has 23 heavy (non-hydrogen) atoms. The minimum absolute atomic E-state index is 0.0488. The summed E-state index contributed by atoms with van der Waals surface area (Å²) in [4.78, 5) is 15.9. The highest BCUT2D eigenvalue weighted by molar-refractivity contribution is 5.75. The number of hydrogen-bond acceptors (Lipinski definition) is 4. The molecule has 1 aliphatic rings. The molecule has 6 heteroatoms. The summed E-state index contributed by atoms with van der Waals surface area (Å²) in [5.74, 6) is 0.918. The van der Waals surface area contributed by atoms with Crippen molar-refractivity contribution in [3.63, 3.8) is 0 Å².